The number of sulfonamides is 1. The number of hydrogen-bond donors (Lipinski definition) is 1. The van der Waals surface area contributed by atoms with Crippen molar-refractivity contribution in [1.82, 2.24) is 0 Å². The maximum Gasteiger partial charge on any atom is 0.235 e. The summed E-state index contributed by atoms with van der Waals surface area (Å²) in [7, 11) is -1.92. The van der Waals surface area contributed by atoms with Crippen LogP contribution in [-0.4, -0.2) is 46.7 Å². The van der Waals surface area contributed by atoms with Crippen LogP contribution >= 0.6 is 0 Å². The summed E-state index contributed by atoms with van der Waals surface area (Å²) in [6, 6.07) is 5.53. The van der Waals surface area contributed by atoms with Crippen LogP contribution in [0.5, 0.6) is 5.75 Å². The van der Waals surface area contributed by atoms with Crippen molar-refractivity contribution in [2.45, 2.75) is 32.3 Å². The standard InChI is InChI=1S/C16H25NO5S/c1-16(2)8-7-13-5-4-6-14(15(13)22-16)17-23(18,19)12-11-21-10-9-20-3/h4-6,17H,7-12H2,1-3H3. The van der Waals surface area contributed by atoms with Gasteiger partial charge >= 0.3 is 0 Å². The molecule has 0 aromatic heterocycles. The molecular formula is C16H25NO5S. The number of fused-ring (bicyclic) bond motifs is 1. The van der Waals surface area contributed by atoms with E-state index in [1.165, 1.54) is 0 Å². The summed E-state index contributed by atoms with van der Waals surface area (Å²) in [4.78, 5) is 0. The van der Waals surface area contributed by atoms with Crippen molar-refractivity contribution in [3.8, 4) is 5.75 Å². The second-order valence-corrected chi connectivity index (χ2v) is 8.02. The van der Waals surface area contributed by atoms with Crippen LogP contribution < -0.4 is 9.46 Å². The van der Waals surface area contributed by atoms with Crippen LogP contribution in [-0.2, 0) is 25.9 Å². The predicted octanol–water partition coefficient (Wildman–Crippen LogP) is 2.19. The largest absolute Gasteiger partial charge is 0.485 e. The van der Waals surface area contributed by atoms with Crippen LogP contribution in [0, 0.1) is 0 Å². The monoisotopic (exact) mass is 343 g/mol. The average molecular weight is 343 g/mol. The summed E-state index contributed by atoms with van der Waals surface area (Å²) in [6.07, 6.45) is 1.78. The lowest BCUT2D eigenvalue weighted by Gasteiger charge is -2.33. The molecule has 0 atom stereocenters. The van der Waals surface area contributed by atoms with E-state index in [4.69, 9.17) is 14.2 Å². The first-order valence-corrected chi connectivity index (χ1v) is 9.36. The van der Waals surface area contributed by atoms with E-state index in [9.17, 15) is 8.42 Å². The normalized spacial score (nSPS) is 16.5. The van der Waals surface area contributed by atoms with Crippen LogP contribution in [0.1, 0.15) is 25.8 Å². The van der Waals surface area contributed by atoms with E-state index in [1.807, 2.05) is 26.0 Å². The first-order valence-electron chi connectivity index (χ1n) is 7.71. The molecule has 0 bridgehead atoms. The number of benzene rings is 1. The topological polar surface area (TPSA) is 73.9 Å². The maximum absolute atomic E-state index is 12.2. The van der Waals surface area contributed by atoms with Gasteiger partial charge in [-0.1, -0.05) is 12.1 Å². The SMILES string of the molecule is COCCOCCS(=O)(=O)Nc1cccc2c1OC(C)(C)CC2. The Morgan fingerprint density at radius 1 is 1.26 bits per heavy atom. The Morgan fingerprint density at radius 3 is 2.78 bits per heavy atom. The lowest BCUT2D eigenvalue weighted by molar-refractivity contribution is 0.0785. The highest BCUT2D eigenvalue weighted by atomic mass is 32.2. The Labute approximate surface area is 138 Å². The Morgan fingerprint density at radius 2 is 2.04 bits per heavy atom. The zero-order valence-corrected chi connectivity index (χ0v) is 14.7. The zero-order valence-electron chi connectivity index (χ0n) is 13.9. The van der Waals surface area contributed by atoms with Crippen molar-refractivity contribution in [3.63, 3.8) is 0 Å². The van der Waals surface area contributed by atoms with Gasteiger partial charge in [-0.2, -0.15) is 0 Å². The first-order chi connectivity index (χ1) is 10.8. The van der Waals surface area contributed by atoms with Crippen molar-refractivity contribution in [2.24, 2.45) is 0 Å². The van der Waals surface area contributed by atoms with Crippen molar-refractivity contribution >= 4 is 15.7 Å². The molecule has 1 aliphatic heterocycles. The number of rotatable bonds is 8. The summed E-state index contributed by atoms with van der Waals surface area (Å²) < 4.78 is 43.1. The molecule has 0 saturated carbocycles. The Bertz CT molecular complexity index is 627. The third-order valence-corrected chi connectivity index (χ3v) is 4.90. The highest BCUT2D eigenvalue weighted by Crippen LogP contribution is 2.38. The number of anilines is 1. The fraction of sp³-hybridized carbons (Fsp3) is 0.625. The summed E-state index contributed by atoms with van der Waals surface area (Å²) >= 11 is 0. The third-order valence-electron chi connectivity index (χ3n) is 3.66. The minimum absolute atomic E-state index is 0.107. The molecule has 1 heterocycles. The van der Waals surface area contributed by atoms with Gasteiger partial charge in [0.25, 0.3) is 0 Å². The second kappa shape index (κ2) is 7.51. The molecule has 0 radical (unpaired) electrons. The number of ether oxygens (including phenoxy) is 3. The Hall–Kier alpha value is -1.31. The molecule has 7 heteroatoms. The summed E-state index contributed by atoms with van der Waals surface area (Å²) in [6.45, 7) is 4.96. The van der Waals surface area contributed by atoms with Crippen LogP contribution in [0.4, 0.5) is 5.69 Å². The molecule has 23 heavy (non-hydrogen) atoms. The Balaban J connectivity index is 2.02. The summed E-state index contributed by atoms with van der Waals surface area (Å²) in [5, 5.41) is 0. The van der Waals surface area contributed by atoms with Crippen molar-refractivity contribution in [3.05, 3.63) is 23.8 Å². The Kier molecular flexibility index (Phi) is 5.89. The van der Waals surface area contributed by atoms with Crippen molar-refractivity contribution in [2.75, 3.05) is 37.4 Å². The number of methoxy groups -OCH3 is 1. The summed E-state index contributed by atoms with van der Waals surface area (Å²) in [5.74, 6) is 0.525. The molecule has 1 N–H and O–H groups in total. The lowest BCUT2D eigenvalue weighted by Crippen LogP contribution is -2.33. The number of aryl methyl sites for hydroxylation is 1. The van der Waals surface area contributed by atoms with E-state index in [0.717, 1.165) is 18.4 Å². The molecule has 0 spiro atoms. The highest BCUT2D eigenvalue weighted by molar-refractivity contribution is 7.92. The van der Waals surface area contributed by atoms with Gasteiger partial charge in [-0.05, 0) is 38.3 Å². The van der Waals surface area contributed by atoms with E-state index >= 15 is 0 Å². The lowest BCUT2D eigenvalue weighted by atomic mass is 9.94. The van der Waals surface area contributed by atoms with Crippen LogP contribution in [0.2, 0.25) is 0 Å². The molecule has 0 aliphatic carbocycles. The van der Waals surface area contributed by atoms with E-state index < -0.39 is 10.0 Å². The molecule has 130 valence electrons. The summed E-state index contributed by atoms with van der Waals surface area (Å²) in [5.41, 5.74) is 1.23. The predicted molar refractivity (Wildman–Crippen MR) is 89.6 cm³/mol. The van der Waals surface area contributed by atoms with E-state index in [1.54, 1.807) is 13.2 Å². The smallest absolute Gasteiger partial charge is 0.235 e. The van der Waals surface area contributed by atoms with Crippen LogP contribution in [0.3, 0.4) is 0 Å². The zero-order chi connectivity index (χ0) is 16.9. The first kappa shape index (κ1) is 18.0. The fourth-order valence-corrected chi connectivity index (χ4v) is 3.31. The van der Waals surface area contributed by atoms with Gasteiger partial charge in [0.05, 0.1) is 31.3 Å². The fourth-order valence-electron chi connectivity index (χ4n) is 2.38. The molecule has 0 amide bonds. The molecule has 0 fully saturated rings. The molecule has 2 rings (SSSR count). The average Bonchev–Trinajstić information content (AvgIpc) is 2.47. The van der Waals surface area contributed by atoms with Crippen molar-refractivity contribution in [1.29, 1.82) is 0 Å². The van der Waals surface area contributed by atoms with Crippen LogP contribution in [0.25, 0.3) is 0 Å². The molecular weight excluding hydrogens is 318 g/mol. The number of hydrogen-bond acceptors (Lipinski definition) is 5. The number of nitrogens with one attached hydrogen (secondary N) is 1. The van der Waals surface area contributed by atoms with E-state index in [2.05, 4.69) is 4.72 Å². The quantitative estimate of drug-likeness (QED) is 0.733. The molecule has 1 aliphatic rings. The van der Waals surface area contributed by atoms with E-state index in [0.29, 0.717) is 24.7 Å². The van der Waals surface area contributed by atoms with Gasteiger partial charge in [-0.25, -0.2) is 8.42 Å². The van der Waals surface area contributed by atoms with E-state index in [-0.39, 0.29) is 18.0 Å². The molecule has 6 nitrogen and oxygen atoms in total. The van der Waals surface area contributed by atoms with Gasteiger partial charge in [0.15, 0.2) is 0 Å². The van der Waals surface area contributed by atoms with Gasteiger partial charge in [0.1, 0.15) is 11.4 Å². The maximum atomic E-state index is 12.2. The van der Waals surface area contributed by atoms with Gasteiger partial charge in [0, 0.05) is 7.11 Å². The van der Waals surface area contributed by atoms with Gasteiger partial charge < -0.3 is 14.2 Å². The molecule has 0 saturated heterocycles. The van der Waals surface area contributed by atoms with Gasteiger partial charge in [-0.3, -0.25) is 4.72 Å². The second-order valence-electron chi connectivity index (χ2n) is 6.18. The molecule has 1 aromatic carbocycles. The van der Waals surface area contributed by atoms with Gasteiger partial charge in [0.2, 0.25) is 10.0 Å². The van der Waals surface area contributed by atoms with Gasteiger partial charge in [-0.15, -0.1) is 0 Å². The third kappa shape index (κ3) is 5.37. The molecule has 0 unspecified atom stereocenters. The minimum atomic E-state index is -3.49. The van der Waals surface area contributed by atoms with Crippen molar-refractivity contribution < 1.29 is 22.6 Å². The minimum Gasteiger partial charge on any atom is -0.485 e. The molecule has 1 aromatic rings. The highest BCUT2D eigenvalue weighted by Gasteiger charge is 2.29. The number of para-hydroxylation sites is 1. The van der Waals surface area contributed by atoms with Crippen LogP contribution in [0.15, 0.2) is 18.2 Å².